The lowest BCUT2D eigenvalue weighted by Gasteiger charge is -2.32. The SMILES string of the molecule is COC(C)OCCSC1CCCCC1C(=O)OC(C)(C)C. The zero-order valence-corrected chi connectivity index (χ0v) is 14.8. The summed E-state index contributed by atoms with van der Waals surface area (Å²) in [6.45, 7) is 8.31. The van der Waals surface area contributed by atoms with Crippen LogP contribution in [0.5, 0.6) is 0 Å². The summed E-state index contributed by atoms with van der Waals surface area (Å²) in [5.74, 6) is 0.881. The molecule has 0 heterocycles. The molecule has 0 saturated heterocycles. The van der Waals surface area contributed by atoms with E-state index in [1.165, 1.54) is 6.42 Å². The molecule has 1 fully saturated rings. The minimum Gasteiger partial charge on any atom is -0.460 e. The van der Waals surface area contributed by atoms with Crippen molar-refractivity contribution >= 4 is 17.7 Å². The molecule has 1 saturated carbocycles. The normalized spacial score (nSPS) is 24.6. The summed E-state index contributed by atoms with van der Waals surface area (Å²) in [6, 6.07) is 0. The van der Waals surface area contributed by atoms with Crippen LogP contribution in [0.25, 0.3) is 0 Å². The number of methoxy groups -OCH3 is 1. The molecular weight excluding hydrogens is 288 g/mol. The Labute approximate surface area is 133 Å². The lowest BCUT2D eigenvalue weighted by Crippen LogP contribution is -2.35. The average Bonchev–Trinajstić information content (AvgIpc) is 2.41. The van der Waals surface area contributed by atoms with Crippen molar-refractivity contribution in [3.63, 3.8) is 0 Å². The lowest BCUT2D eigenvalue weighted by molar-refractivity contribution is -0.160. The van der Waals surface area contributed by atoms with E-state index in [1.807, 2.05) is 39.5 Å². The summed E-state index contributed by atoms with van der Waals surface area (Å²) in [5, 5.41) is 0.357. The van der Waals surface area contributed by atoms with E-state index in [4.69, 9.17) is 14.2 Å². The first kappa shape index (κ1) is 18.8. The molecule has 4 nitrogen and oxygen atoms in total. The second-order valence-corrected chi connectivity index (χ2v) is 7.85. The third-order valence-corrected chi connectivity index (χ3v) is 4.91. The van der Waals surface area contributed by atoms with E-state index in [0.29, 0.717) is 11.9 Å². The monoisotopic (exact) mass is 318 g/mol. The van der Waals surface area contributed by atoms with Gasteiger partial charge in [0, 0.05) is 18.1 Å². The fourth-order valence-electron chi connectivity index (χ4n) is 2.43. The largest absolute Gasteiger partial charge is 0.460 e. The topological polar surface area (TPSA) is 44.8 Å². The highest BCUT2D eigenvalue weighted by Gasteiger charge is 2.34. The van der Waals surface area contributed by atoms with Crippen molar-refractivity contribution < 1.29 is 19.0 Å². The molecule has 3 unspecified atom stereocenters. The van der Waals surface area contributed by atoms with Crippen LogP contribution < -0.4 is 0 Å². The van der Waals surface area contributed by atoms with Crippen LogP contribution in [0.3, 0.4) is 0 Å². The van der Waals surface area contributed by atoms with Crippen LogP contribution in [0.2, 0.25) is 0 Å². The Bertz CT molecular complexity index is 314. The van der Waals surface area contributed by atoms with Gasteiger partial charge in [-0.2, -0.15) is 11.8 Å². The Hall–Kier alpha value is -0.260. The molecule has 0 amide bonds. The van der Waals surface area contributed by atoms with Crippen LogP contribution in [0.15, 0.2) is 0 Å². The molecule has 1 aliphatic rings. The summed E-state index contributed by atoms with van der Waals surface area (Å²) in [6.07, 6.45) is 4.19. The van der Waals surface area contributed by atoms with Crippen LogP contribution in [-0.4, -0.2) is 42.6 Å². The maximum Gasteiger partial charge on any atom is 0.310 e. The zero-order chi connectivity index (χ0) is 15.9. The molecule has 1 rings (SSSR count). The van der Waals surface area contributed by atoms with Crippen LogP contribution in [0.4, 0.5) is 0 Å². The average molecular weight is 318 g/mol. The first-order chi connectivity index (χ1) is 9.83. The highest BCUT2D eigenvalue weighted by molar-refractivity contribution is 7.99. The van der Waals surface area contributed by atoms with Gasteiger partial charge in [-0.15, -0.1) is 0 Å². The molecule has 0 aliphatic heterocycles. The first-order valence-corrected chi connectivity index (χ1v) is 8.87. The van der Waals surface area contributed by atoms with Crippen LogP contribution >= 0.6 is 11.8 Å². The minimum absolute atomic E-state index is 0.0304. The molecule has 1 aliphatic carbocycles. The highest BCUT2D eigenvalue weighted by Crippen LogP contribution is 2.35. The fourth-order valence-corrected chi connectivity index (χ4v) is 3.73. The van der Waals surface area contributed by atoms with Crippen LogP contribution in [0, 0.1) is 5.92 Å². The van der Waals surface area contributed by atoms with Gasteiger partial charge in [0.05, 0.1) is 12.5 Å². The van der Waals surface area contributed by atoms with Crippen molar-refractivity contribution in [3.05, 3.63) is 0 Å². The maximum atomic E-state index is 12.3. The van der Waals surface area contributed by atoms with Gasteiger partial charge in [-0.05, 0) is 40.5 Å². The van der Waals surface area contributed by atoms with Gasteiger partial charge in [0.15, 0.2) is 6.29 Å². The van der Waals surface area contributed by atoms with Gasteiger partial charge in [0.25, 0.3) is 0 Å². The van der Waals surface area contributed by atoms with Gasteiger partial charge >= 0.3 is 5.97 Å². The number of carbonyl (C=O) groups excluding carboxylic acids is 1. The zero-order valence-electron chi connectivity index (χ0n) is 14.0. The summed E-state index contributed by atoms with van der Waals surface area (Å²) < 4.78 is 16.1. The summed E-state index contributed by atoms with van der Waals surface area (Å²) >= 11 is 1.83. The molecule has 0 spiro atoms. The summed E-state index contributed by atoms with van der Waals surface area (Å²) in [5.41, 5.74) is -0.402. The van der Waals surface area contributed by atoms with Crippen molar-refractivity contribution in [2.45, 2.75) is 70.5 Å². The van der Waals surface area contributed by atoms with Gasteiger partial charge in [0.1, 0.15) is 5.60 Å². The molecule has 0 radical (unpaired) electrons. The molecule has 0 aromatic carbocycles. The molecule has 0 bridgehead atoms. The van der Waals surface area contributed by atoms with Gasteiger partial charge in [-0.1, -0.05) is 12.8 Å². The van der Waals surface area contributed by atoms with E-state index < -0.39 is 5.60 Å². The summed E-state index contributed by atoms with van der Waals surface area (Å²) in [7, 11) is 1.64. The second-order valence-electron chi connectivity index (χ2n) is 6.51. The van der Waals surface area contributed by atoms with E-state index >= 15 is 0 Å². The number of rotatable bonds is 7. The van der Waals surface area contributed by atoms with E-state index in [9.17, 15) is 4.79 Å². The van der Waals surface area contributed by atoms with Gasteiger partial charge < -0.3 is 14.2 Å². The Morgan fingerprint density at radius 2 is 1.95 bits per heavy atom. The van der Waals surface area contributed by atoms with Crippen molar-refractivity contribution in [2.24, 2.45) is 5.92 Å². The first-order valence-electron chi connectivity index (χ1n) is 7.82. The Kier molecular flexibility index (Phi) is 8.06. The van der Waals surface area contributed by atoms with E-state index in [0.717, 1.165) is 25.0 Å². The predicted octanol–water partition coefficient (Wildman–Crippen LogP) is 3.63. The molecular formula is C16H30O4S. The Balaban J connectivity index is 2.40. The van der Waals surface area contributed by atoms with Crippen LogP contribution in [0.1, 0.15) is 53.4 Å². The fraction of sp³-hybridized carbons (Fsp3) is 0.938. The molecule has 124 valence electrons. The number of hydrogen-bond donors (Lipinski definition) is 0. The summed E-state index contributed by atoms with van der Waals surface area (Å²) in [4.78, 5) is 12.3. The van der Waals surface area contributed by atoms with Crippen molar-refractivity contribution in [1.82, 2.24) is 0 Å². The van der Waals surface area contributed by atoms with E-state index in [2.05, 4.69) is 0 Å². The molecule has 5 heteroatoms. The standard InChI is InChI=1S/C16H30O4S/c1-12(18-5)19-10-11-21-14-9-7-6-8-13(14)15(17)20-16(2,3)4/h12-14H,6-11H2,1-5H3. The minimum atomic E-state index is -0.402. The van der Waals surface area contributed by atoms with Gasteiger partial charge in [-0.3, -0.25) is 4.79 Å². The number of thioether (sulfide) groups is 1. The van der Waals surface area contributed by atoms with Crippen molar-refractivity contribution in [2.75, 3.05) is 19.5 Å². The number of esters is 1. The Morgan fingerprint density at radius 1 is 1.29 bits per heavy atom. The van der Waals surface area contributed by atoms with Gasteiger partial charge in [-0.25, -0.2) is 0 Å². The maximum absolute atomic E-state index is 12.3. The lowest BCUT2D eigenvalue weighted by atomic mass is 9.88. The molecule has 0 aromatic heterocycles. The van der Waals surface area contributed by atoms with Crippen LogP contribution in [-0.2, 0) is 19.0 Å². The van der Waals surface area contributed by atoms with E-state index in [-0.39, 0.29) is 18.2 Å². The number of ether oxygens (including phenoxy) is 3. The number of hydrogen-bond acceptors (Lipinski definition) is 5. The van der Waals surface area contributed by atoms with Gasteiger partial charge in [0.2, 0.25) is 0 Å². The quantitative estimate of drug-likeness (QED) is 0.407. The van der Waals surface area contributed by atoms with Crippen molar-refractivity contribution in [1.29, 1.82) is 0 Å². The molecule has 3 atom stereocenters. The molecule has 0 aromatic rings. The highest BCUT2D eigenvalue weighted by atomic mass is 32.2. The second kappa shape index (κ2) is 9.01. The van der Waals surface area contributed by atoms with E-state index in [1.54, 1.807) is 7.11 Å². The number of carbonyl (C=O) groups is 1. The third kappa shape index (κ3) is 7.52. The molecule has 21 heavy (non-hydrogen) atoms. The smallest absolute Gasteiger partial charge is 0.310 e. The molecule has 0 N–H and O–H groups in total. The predicted molar refractivity (Wildman–Crippen MR) is 86.5 cm³/mol. The Morgan fingerprint density at radius 3 is 2.57 bits per heavy atom. The van der Waals surface area contributed by atoms with Crippen molar-refractivity contribution in [3.8, 4) is 0 Å². The third-order valence-electron chi connectivity index (χ3n) is 3.51.